The zero-order valence-corrected chi connectivity index (χ0v) is 11.0. The van der Waals surface area contributed by atoms with Crippen LogP contribution in [0.25, 0.3) is 0 Å². The van der Waals surface area contributed by atoms with Crippen LogP contribution in [0.4, 0.5) is 5.69 Å². The minimum absolute atomic E-state index is 0.197. The summed E-state index contributed by atoms with van der Waals surface area (Å²) in [5, 5.41) is 8.79. The number of carboxylic acids is 1. The van der Waals surface area contributed by atoms with Gasteiger partial charge >= 0.3 is 5.97 Å². The molecule has 0 fully saturated rings. The van der Waals surface area contributed by atoms with Crippen molar-refractivity contribution in [1.82, 2.24) is 0 Å². The number of fused-ring (bicyclic) bond motifs is 1. The van der Waals surface area contributed by atoms with E-state index in [9.17, 15) is 4.79 Å². The van der Waals surface area contributed by atoms with Crippen LogP contribution in [0, 0.1) is 6.92 Å². The molecule has 3 nitrogen and oxygen atoms in total. The summed E-state index contributed by atoms with van der Waals surface area (Å²) in [5.74, 6) is 0.292. The molecule has 1 aromatic rings. The van der Waals surface area contributed by atoms with Crippen LogP contribution in [0.5, 0.6) is 0 Å². The molecule has 17 heavy (non-hydrogen) atoms. The van der Waals surface area contributed by atoms with Gasteiger partial charge in [0.25, 0.3) is 0 Å². The van der Waals surface area contributed by atoms with E-state index in [-0.39, 0.29) is 6.42 Å². The van der Waals surface area contributed by atoms with E-state index in [1.54, 1.807) is 0 Å². The SMILES string of the molecule is Cc1ccc2c(c1)SCC(C)N2CCC(=O)O. The Labute approximate surface area is 106 Å². The lowest BCUT2D eigenvalue weighted by Crippen LogP contribution is -2.39. The molecule has 1 heterocycles. The Morgan fingerprint density at radius 1 is 1.59 bits per heavy atom. The van der Waals surface area contributed by atoms with Crippen LogP contribution in [0.3, 0.4) is 0 Å². The highest BCUT2D eigenvalue weighted by atomic mass is 32.2. The first-order valence-corrected chi connectivity index (χ1v) is 6.78. The van der Waals surface area contributed by atoms with Gasteiger partial charge in [-0.15, -0.1) is 11.8 Å². The molecule has 1 aromatic carbocycles. The topological polar surface area (TPSA) is 40.5 Å². The maximum Gasteiger partial charge on any atom is 0.305 e. The molecule has 0 saturated heterocycles. The normalized spacial score (nSPS) is 18.9. The summed E-state index contributed by atoms with van der Waals surface area (Å²) < 4.78 is 0. The van der Waals surface area contributed by atoms with Gasteiger partial charge in [-0.2, -0.15) is 0 Å². The first-order valence-electron chi connectivity index (χ1n) is 5.80. The summed E-state index contributed by atoms with van der Waals surface area (Å²) in [6.45, 7) is 4.82. The van der Waals surface area contributed by atoms with Crippen LogP contribution in [0.15, 0.2) is 23.1 Å². The van der Waals surface area contributed by atoms with Crippen molar-refractivity contribution in [3.63, 3.8) is 0 Å². The summed E-state index contributed by atoms with van der Waals surface area (Å²) in [6.07, 6.45) is 0.197. The summed E-state index contributed by atoms with van der Waals surface area (Å²) in [6, 6.07) is 6.77. The molecule has 0 aromatic heterocycles. The van der Waals surface area contributed by atoms with Crippen molar-refractivity contribution in [2.45, 2.75) is 31.2 Å². The molecule has 1 aliphatic rings. The highest BCUT2D eigenvalue weighted by Gasteiger charge is 2.23. The van der Waals surface area contributed by atoms with Crippen LogP contribution in [0.2, 0.25) is 0 Å². The largest absolute Gasteiger partial charge is 0.481 e. The predicted octanol–water partition coefficient (Wildman–Crippen LogP) is 2.77. The number of carboxylic acid groups (broad SMARTS) is 1. The molecule has 0 radical (unpaired) electrons. The Hall–Kier alpha value is -1.16. The number of hydrogen-bond acceptors (Lipinski definition) is 3. The first kappa shape index (κ1) is 12.3. The number of nitrogens with zero attached hydrogens (tertiary/aromatic N) is 1. The molecular weight excluding hydrogens is 234 g/mol. The number of benzene rings is 1. The van der Waals surface area contributed by atoms with Gasteiger partial charge in [0, 0.05) is 23.2 Å². The number of carbonyl (C=O) groups is 1. The van der Waals surface area contributed by atoms with E-state index in [2.05, 4.69) is 36.9 Å². The third-order valence-electron chi connectivity index (χ3n) is 3.00. The van der Waals surface area contributed by atoms with Gasteiger partial charge in [0.05, 0.1) is 12.1 Å². The first-order chi connectivity index (χ1) is 8.08. The van der Waals surface area contributed by atoms with Crippen molar-refractivity contribution in [3.05, 3.63) is 23.8 Å². The number of aliphatic carboxylic acids is 1. The van der Waals surface area contributed by atoms with Crippen LogP contribution in [0.1, 0.15) is 18.9 Å². The maximum atomic E-state index is 10.7. The van der Waals surface area contributed by atoms with Crippen molar-refractivity contribution in [3.8, 4) is 0 Å². The highest BCUT2D eigenvalue weighted by molar-refractivity contribution is 7.99. The van der Waals surface area contributed by atoms with E-state index in [4.69, 9.17) is 5.11 Å². The van der Waals surface area contributed by atoms with E-state index >= 15 is 0 Å². The van der Waals surface area contributed by atoms with E-state index in [0.717, 1.165) is 5.75 Å². The Morgan fingerprint density at radius 2 is 2.35 bits per heavy atom. The molecule has 0 amide bonds. The molecule has 1 atom stereocenters. The molecule has 1 N–H and O–H groups in total. The predicted molar refractivity (Wildman–Crippen MR) is 71.0 cm³/mol. The van der Waals surface area contributed by atoms with Crippen LogP contribution in [-0.2, 0) is 4.79 Å². The summed E-state index contributed by atoms with van der Waals surface area (Å²) in [5.41, 5.74) is 2.43. The van der Waals surface area contributed by atoms with Crippen molar-refractivity contribution in [1.29, 1.82) is 0 Å². The van der Waals surface area contributed by atoms with Gasteiger partial charge in [-0.25, -0.2) is 0 Å². The lowest BCUT2D eigenvalue weighted by molar-refractivity contribution is -0.136. The Morgan fingerprint density at radius 3 is 3.06 bits per heavy atom. The van der Waals surface area contributed by atoms with Gasteiger partial charge < -0.3 is 10.0 Å². The zero-order chi connectivity index (χ0) is 12.4. The van der Waals surface area contributed by atoms with Gasteiger partial charge in [-0.3, -0.25) is 4.79 Å². The quantitative estimate of drug-likeness (QED) is 0.896. The number of hydrogen-bond donors (Lipinski definition) is 1. The molecule has 0 aliphatic carbocycles. The average molecular weight is 251 g/mol. The molecule has 1 unspecified atom stereocenters. The van der Waals surface area contributed by atoms with Crippen molar-refractivity contribution in [2.75, 3.05) is 17.2 Å². The average Bonchev–Trinajstić information content (AvgIpc) is 2.27. The third kappa shape index (κ3) is 2.75. The molecule has 0 saturated carbocycles. The molecule has 1 aliphatic heterocycles. The summed E-state index contributed by atoms with van der Waals surface area (Å²) in [4.78, 5) is 14.2. The third-order valence-corrected chi connectivity index (χ3v) is 4.29. The molecular formula is C13H17NO2S. The van der Waals surface area contributed by atoms with Crippen molar-refractivity contribution < 1.29 is 9.90 Å². The van der Waals surface area contributed by atoms with Gasteiger partial charge in [-0.05, 0) is 31.5 Å². The highest BCUT2D eigenvalue weighted by Crippen LogP contribution is 2.37. The lowest BCUT2D eigenvalue weighted by atomic mass is 10.1. The fraction of sp³-hybridized carbons (Fsp3) is 0.462. The smallest absolute Gasteiger partial charge is 0.305 e. The van der Waals surface area contributed by atoms with Gasteiger partial charge in [0.1, 0.15) is 0 Å². The Bertz CT molecular complexity index is 433. The number of rotatable bonds is 3. The monoisotopic (exact) mass is 251 g/mol. The minimum Gasteiger partial charge on any atom is -0.481 e. The van der Waals surface area contributed by atoms with E-state index in [1.807, 2.05) is 11.8 Å². The fourth-order valence-electron chi connectivity index (χ4n) is 2.07. The number of anilines is 1. The molecule has 0 bridgehead atoms. The fourth-order valence-corrected chi connectivity index (χ4v) is 3.27. The molecule has 0 spiro atoms. The summed E-state index contributed by atoms with van der Waals surface area (Å²) >= 11 is 1.86. The number of thioether (sulfide) groups is 1. The standard InChI is InChI=1S/C13H17NO2S/c1-9-3-4-11-12(7-9)17-8-10(2)14(11)6-5-13(15)16/h3-4,7,10H,5-6,8H2,1-2H3,(H,15,16). The van der Waals surface area contributed by atoms with Crippen molar-refractivity contribution >= 4 is 23.4 Å². The van der Waals surface area contributed by atoms with E-state index < -0.39 is 5.97 Å². The van der Waals surface area contributed by atoms with Crippen LogP contribution < -0.4 is 4.90 Å². The minimum atomic E-state index is -0.732. The molecule has 92 valence electrons. The van der Waals surface area contributed by atoms with Gasteiger partial charge in [-0.1, -0.05) is 6.07 Å². The van der Waals surface area contributed by atoms with Gasteiger partial charge in [0.2, 0.25) is 0 Å². The maximum absolute atomic E-state index is 10.7. The second kappa shape index (κ2) is 5.00. The molecule has 4 heteroatoms. The lowest BCUT2D eigenvalue weighted by Gasteiger charge is -2.36. The van der Waals surface area contributed by atoms with Crippen molar-refractivity contribution in [2.24, 2.45) is 0 Å². The Balaban J connectivity index is 2.23. The second-order valence-corrected chi connectivity index (χ2v) is 5.53. The van der Waals surface area contributed by atoms with E-state index in [0.29, 0.717) is 12.6 Å². The number of aryl methyl sites for hydroxylation is 1. The second-order valence-electron chi connectivity index (χ2n) is 4.47. The summed E-state index contributed by atoms with van der Waals surface area (Å²) in [7, 11) is 0. The Kier molecular flexibility index (Phi) is 3.62. The van der Waals surface area contributed by atoms with Crippen LogP contribution in [-0.4, -0.2) is 29.4 Å². The van der Waals surface area contributed by atoms with E-state index in [1.165, 1.54) is 16.1 Å². The van der Waals surface area contributed by atoms with Gasteiger partial charge in [0.15, 0.2) is 0 Å². The molecule has 2 rings (SSSR count). The van der Waals surface area contributed by atoms with Crippen LogP contribution >= 0.6 is 11.8 Å². The zero-order valence-electron chi connectivity index (χ0n) is 10.1.